The van der Waals surface area contributed by atoms with Crippen molar-refractivity contribution >= 4 is 40.9 Å². The number of carbonyl (C=O) groups is 2. The summed E-state index contributed by atoms with van der Waals surface area (Å²) in [6, 6.07) is 1.94. The molecule has 0 bridgehead atoms. The number of pyridine rings is 1. The van der Waals surface area contributed by atoms with Gasteiger partial charge in [-0.2, -0.15) is 0 Å². The molecule has 2 amide bonds. The van der Waals surface area contributed by atoms with Crippen molar-refractivity contribution in [2.45, 2.75) is 25.7 Å². The average Bonchev–Trinajstić information content (AvgIpc) is 3.26. The highest BCUT2D eigenvalue weighted by Gasteiger charge is 2.21. The number of piperidine rings is 1. The highest BCUT2D eigenvalue weighted by molar-refractivity contribution is 7.10. The Kier molecular flexibility index (Phi) is 5.29. The lowest BCUT2D eigenvalue weighted by molar-refractivity contribution is -0.126. The zero-order valence-electron chi connectivity index (χ0n) is 15.2. The molecule has 0 radical (unpaired) electrons. The van der Waals surface area contributed by atoms with Crippen molar-refractivity contribution in [3.63, 3.8) is 0 Å². The molecule has 2 aromatic heterocycles. The first kappa shape index (κ1) is 18.5. The maximum absolute atomic E-state index is 14.4. The van der Waals surface area contributed by atoms with Gasteiger partial charge in [-0.05, 0) is 48.1 Å². The van der Waals surface area contributed by atoms with Gasteiger partial charge in [0.15, 0.2) is 10.8 Å². The van der Waals surface area contributed by atoms with Crippen molar-refractivity contribution in [2.75, 3.05) is 18.4 Å². The van der Waals surface area contributed by atoms with E-state index in [9.17, 15) is 14.0 Å². The van der Waals surface area contributed by atoms with Crippen LogP contribution in [0.3, 0.4) is 0 Å². The minimum Gasteiger partial charge on any atom is -0.339 e. The normalized spacial score (nSPS) is 16.8. The van der Waals surface area contributed by atoms with E-state index >= 15 is 0 Å². The van der Waals surface area contributed by atoms with E-state index in [1.54, 1.807) is 28.7 Å². The molecule has 144 valence electrons. The molecule has 1 fully saturated rings. The lowest BCUT2D eigenvalue weighted by atomic mass is 10.0. The first-order valence-electron chi connectivity index (χ1n) is 9.13. The maximum Gasteiger partial charge on any atom is 0.246 e. The Labute approximate surface area is 165 Å². The van der Waals surface area contributed by atoms with E-state index in [-0.39, 0.29) is 17.6 Å². The monoisotopic (exact) mass is 398 g/mol. The fraction of sp³-hybridized carbons (Fsp3) is 0.300. The average molecular weight is 398 g/mol. The molecule has 4 rings (SSSR count). The van der Waals surface area contributed by atoms with Crippen LogP contribution in [-0.2, 0) is 16.0 Å². The molecule has 0 spiro atoms. The van der Waals surface area contributed by atoms with Crippen LogP contribution in [0.4, 0.5) is 10.2 Å². The van der Waals surface area contributed by atoms with Crippen molar-refractivity contribution in [2.24, 2.45) is 0 Å². The third-order valence-corrected chi connectivity index (χ3v) is 5.66. The Bertz CT molecular complexity index is 959. The Morgan fingerprint density at radius 3 is 2.79 bits per heavy atom. The predicted octanol–water partition coefficient (Wildman–Crippen LogP) is 3.44. The standard InChI is InChI=1S/C20H19FN4O2S/c21-18(20-22-7-10-28-20)14-5-8-25(9-6-14)17(27)4-1-13-11-15-2-3-16(26)24-19(15)23-12-13/h1,4,7,10-12H,2-3,5-6,8-9H2,(H,23,24,26)/b4-1+. The molecule has 0 saturated carbocycles. The van der Waals surface area contributed by atoms with Crippen molar-refractivity contribution in [3.8, 4) is 0 Å². The number of nitrogens with zero attached hydrogens (tertiary/aromatic N) is 3. The molecular formula is C20H19FN4O2S. The lowest BCUT2D eigenvalue weighted by Gasteiger charge is -2.27. The summed E-state index contributed by atoms with van der Waals surface area (Å²) in [7, 11) is 0. The second-order valence-corrected chi connectivity index (χ2v) is 7.63. The number of halogens is 1. The lowest BCUT2D eigenvalue weighted by Crippen LogP contribution is -2.35. The molecule has 1 N–H and O–H groups in total. The maximum atomic E-state index is 14.4. The molecule has 0 unspecified atom stereocenters. The number of carbonyl (C=O) groups excluding carboxylic acids is 2. The molecule has 8 heteroatoms. The van der Waals surface area contributed by atoms with Gasteiger partial charge in [0.05, 0.1) is 0 Å². The molecule has 0 aliphatic carbocycles. The summed E-state index contributed by atoms with van der Waals surface area (Å²) >= 11 is 1.28. The van der Waals surface area contributed by atoms with Crippen LogP contribution < -0.4 is 5.32 Å². The number of amides is 2. The number of nitrogens with one attached hydrogen (secondary N) is 1. The Morgan fingerprint density at radius 1 is 1.21 bits per heavy atom. The van der Waals surface area contributed by atoms with Crippen LogP contribution in [0.2, 0.25) is 0 Å². The van der Waals surface area contributed by atoms with E-state index < -0.39 is 0 Å². The number of thiazole rings is 1. The Hall–Kier alpha value is -2.87. The van der Waals surface area contributed by atoms with Gasteiger partial charge in [-0.25, -0.2) is 14.4 Å². The van der Waals surface area contributed by atoms with E-state index in [0.29, 0.717) is 49.6 Å². The third kappa shape index (κ3) is 4.01. The number of likely N-dealkylation sites (tertiary alicyclic amines) is 1. The van der Waals surface area contributed by atoms with Gasteiger partial charge in [0.2, 0.25) is 11.8 Å². The van der Waals surface area contributed by atoms with Gasteiger partial charge in [0, 0.05) is 43.4 Å². The van der Waals surface area contributed by atoms with Crippen LogP contribution in [0.1, 0.15) is 35.4 Å². The molecular weight excluding hydrogens is 379 g/mol. The quantitative estimate of drug-likeness (QED) is 0.804. The van der Waals surface area contributed by atoms with Crippen molar-refractivity contribution in [1.82, 2.24) is 14.9 Å². The molecule has 1 saturated heterocycles. The second-order valence-electron chi connectivity index (χ2n) is 6.74. The van der Waals surface area contributed by atoms with Crippen LogP contribution in [0, 0.1) is 0 Å². The largest absolute Gasteiger partial charge is 0.339 e. The minimum atomic E-state index is -0.245. The fourth-order valence-electron chi connectivity index (χ4n) is 3.34. The predicted molar refractivity (Wildman–Crippen MR) is 106 cm³/mol. The number of hydrogen-bond acceptors (Lipinski definition) is 5. The van der Waals surface area contributed by atoms with Gasteiger partial charge >= 0.3 is 0 Å². The summed E-state index contributed by atoms with van der Waals surface area (Å²) in [5.41, 5.74) is 2.51. The van der Waals surface area contributed by atoms with Crippen LogP contribution in [0.25, 0.3) is 11.9 Å². The van der Waals surface area contributed by atoms with Crippen LogP contribution in [-0.4, -0.2) is 39.8 Å². The number of anilines is 1. The molecule has 6 nitrogen and oxygen atoms in total. The number of hydrogen-bond donors (Lipinski definition) is 1. The summed E-state index contributed by atoms with van der Waals surface area (Å²) < 4.78 is 14.4. The number of rotatable bonds is 3. The van der Waals surface area contributed by atoms with Crippen LogP contribution in [0.5, 0.6) is 0 Å². The summed E-state index contributed by atoms with van der Waals surface area (Å²) in [4.78, 5) is 33.8. The molecule has 2 aliphatic heterocycles. The first-order valence-corrected chi connectivity index (χ1v) is 10.0. The van der Waals surface area contributed by atoms with E-state index in [1.807, 2.05) is 6.07 Å². The van der Waals surface area contributed by atoms with Gasteiger partial charge in [0.1, 0.15) is 5.82 Å². The van der Waals surface area contributed by atoms with Gasteiger partial charge in [-0.1, -0.05) is 0 Å². The number of aryl methyl sites for hydroxylation is 1. The topological polar surface area (TPSA) is 75.2 Å². The van der Waals surface area contributed by atoms with E-state index in [1.165, 1.54) is 17.4 Å². The third-order valence-electron chi connectivity index (χ3n) is 4.89. The Morgan fingerprint density at radius 2 is 2.04 bits per heavy atom. The molecule has 2 aromatic rings. The molecule has 4 heterocycles. The number of aromatic nitrogens is 2. The summed E-state index contributed by atoms with van der Waals surface area (Å²) in [5, 5.41) is 4.90. The van der Waals surface area contributed by atoms with E-state index in [4.69, 9.17) is 0 Å². The summed E-state index contributed by atoms with van der Waals surface area (Å²) in [6.07, 6.45) is 8.61. The van der Waals surface area contributed by atoms with Gasteiger partial charge in [-0.15, -0.1) is 11.3 Å². The second kappa shape index (κ2) is 8.02. The van der Waals surface area contributed by atoms with Gasteiger partial charge in [0.25, 0.3) is 0 Å². The van der Waals surface area contributed by atoms with E-state index in [0.717, 1.165) is 16.7 Å². The summed E-state index contributed by atoms with van der Waals surface area (Å²) in [6.45, 7) is 0.984. The zero-order chi connectivity index (χ0) is 19.5. The summed E-state index contributed by atoms with van der Waals surface area (Å²) in [5.74, 6) is 0.227. The van der Waals surface area contributed by atoms with Crippen molar-refractivity contribution in [1.29, 1.82) is 0 Å². The van der Waals surface area contributed by atoms with E-state index in [2.05, 4.69) is 15.3 Å². The highest BCUT2D eigenvalue weighted by atomic mass is 32.1. The molecule has 0 aromatic carbocycles. The van der Waals surface area contributed by atoms with Gasteiger partial charge < -0.3 is 10.2 Å². The van der Waals surface area contributed by atoms with Crippen LogP contribution in [0.15, 0.2) is 35.5 Å². The molecule has 2 aliphatic rings. The van der Waals surface area contributed by atoms with Gasteiger partial charge in [-0.3, -0.25) is 9.59 Å². The van der Waals surface area contributed by atoms with Crippen molar-refractivity contribution in [3.05, 3.63) is 51.6 Å². The zero-order valence-corrected chi connectivity index (χ0v) is 16.0. The molecule has 0 atom stereocenters. The van der Waals surface area contributed by atoms with Crippen LogP contribution >= 0.6 is 11.3 Å². The Balaban J connectivity index is 1.37. The fourth-order valence-corrected chi connectivity index (χ4v) is 3.96. The number of fused-ring (bicyclic) bond motifs is 1. The highest BCUT2D eigenvalue weighted by Crippen LogP contribution is 2.29. The molecule has 28 heavy (non-hydrogen) atoms. The minimum absolute atomic E-state index is 0.0247. The first-order chi connectivity index (χ1) is 13.6. The smallest absolute Gasteiger partial charge is 0.246 e. The SMILES string of the molecule is O=C1CCc2cc(/C=C/C(=O)N3CCC(=C(F)c4nccs4)CC3)cnc2N1. The van der Waals surface area contributed by atoms with Crippen molar-refractivity contribution < 1.29 is 14.0 Å².